The molecule has 3 aromatic rings. The van der Waals surface area contributed by atoms with Crippen LogP contribution in [0.4, 0.5) is 0 Å². The lowest BCUT2D eigenvalue weighted by Crippen LogP contribution is -2.61. The Morgan fingerprint density at radius 2 is 1.95 bits per heavy atom. The van der Waals surface area contributed by atoms with Crippen molar-refractivity contribution in [1.82, 2.24) is 15.2 Å². The molecule has 0 aliphatic carbocycles. The molecule has 1 aromatic heterocycles. The molecule has 228 valence electrons. The number of rotatable bonds is 17. The Morgan fingerprint density at radius 1 is 1.19 bits per heavy atom. The lowest BCUT2D eigenvalue weighted by molar-refractivity contribution is -0.139. The molecule has 1 saturated heterocycles. The second-order valence-electron chi connectivity index (χ2n) is 10.7. The molecule has 10 nitrogen and oxygen atoms in total. The number of aromatic amines is 1. The number of nitrogens with one attached hydrogen (secondary N) is 3. The van der Waals surface area contributed by atoms with E-state index in [1.807, 2.05) is 55.5 Å². The van der Waals surface area contributed by atoms with E-state index >= 15 is 0 Å². The zero-order valence-electron chi connectivity index (χ0n) is 24.6. The van der Waals surface area contributed by atoms with Gasteiger partial charge in [0.1, 0.15) is 24.2 Å². The van der Waals surface area contributed by atoms with Crippen LogP contribution in [0.5, 0.6) is 5.75 Å². The quantitative estimate of drug-likeness (QED) is 0.0915. The summed E-state index contributed by atoms with van der Waals surface area (Å²) < 4.78 is 11.5. The molecule has 4 rings (SSSR count). The third-order valence-corrected chi connectivity index (χ3v) is 7.25. The molecule has 1 atom stereocenters. The van der Waals surface area contributed by atoms with Gasteiger partial charge in [-0.25, -0.2) is 0 Å². The van der Waals surface area contributed by atoms with Crippen molar-refractivity contribution in [2.45, 2.75) is 44.8 Å². The van der Waals surface area contributed by atoms with Gasteiger partial charge in [0, 0.05) is 54.1 Å². The van der Waals surface area contributed by atoms with Gasteiger partial charge >= 0.3 is 0 Å². The van der Waals surface area contributed by atoms with Crippen molar-refractivity contribution in [3.05, 3.63) is 78.6 Å². The van der Waals surface area contributed by atoms with E-state index in [2.05, 4.69) is 16.9 Å². The van der Waals surface area contributed by atoms with Crippen LogP contribution < -0.4 is 15.8 Å². The summed E-state index contributed by atoms with van der Waals surface area (Å²) in [5, 5.41) is 24.1. The zero-order valence-corrected chi connectivity index (χ0v) is 24.6. The summed E-state index contributed by atoms with van der Waals surface area (Å²) in [5.74, 6) is 0.429. The van der Waals surface area contributed by atoms with Gasteiger partial charge in [0.25, 0.3) is 5.91 Å². The molecular formula is C33H41N5O5. The highest BCUT2D eigenvalue weighted by Crippen LogP contribution is 2.33. The van der Waals surface area contributed by atoms with Crippen molar-refractivity contribution in [1.29, 1.82) is 5.41 Å². The average molecular weight is 588 g/mol. The first-order valence-corrected chi connectivity index (χ1v) is 14.6. The van der Waals surface area contributed by atoms with Crippen LogP contribution in [0.2, 0.25) is 0 Å². The fraction of sp³-hybridized carbons (Fsp3) is 0.364. The van der Waals surface area contributed by atoms with Crippen LogP contribution in [-0.2, 0) is 14.3 Å². The number of H-pyrrole nitrogens is 1. The summed E-state index contributed by atoms with van der Waals surface area (Å²) in [5.41, 5.74) is 8.22. The molecule has 2 aromatic carbocycles. The number of hydrogen-bond donors (Lipinski definition) is 5. The number of aromatic nitrogens is 1. The predicted molar refractivity (Wildman–Crippen MR) is 169 cm³/mol. The number of benzene rings is 2. The van der Waals surface area contributed by atoms with Crippen LogP contribution in [0.1, 0.15) is 32.6 Å². The van der Waals surface area contributed by atoms with Crippen molar-refractivity contribution in [2.75, 3.05) is 32.8 Å². The number of nitrogens with two attached hydrogens (primary N) is 1. The molecule has 0 spiro atoms. The number of primary amides is 1. The normalized spacial score (nSPS) is 14.7. The summed E-state index contributed by atoms with van der Waals surface area (Å²) in [7, 11) is 0. The monoisotopic (exact) mass is 587 g/mol. The van der Waals surface area contributed by atoms with Crippen LogP contribution >= 0.6 is 0 Å². The minimum absolute atomic E-state index is 0.0800. The molecule has 0 radical (unpaired) electrons. The van der Waals surface area contributed by atoms with Crippen molar-refractivity contribution < 1.29 is 24.2 Å². The lowest BCUT2D eigenvalue weighted by atomic mass is 10.0. The van der Waals surface area contributed by atoms with Crippen LogP contribution in [-0.4, -0.2) is 77.5 Å². The van der Waals surface area contributed by atoms with E-state index < -0.39 is 12.0 Å². The number of amides is 2. The third-order valence-electron chi connectivity index (χ3n) is 7.25. The number of ether oxygens (including phenoxy) is 2. The number of fused-ring (bicyclic) bond motifs is 3. The molecule has 2 amide bonds. The number of allylic oxidation sites excluding steroid dienone is 4. The summed E-state index contributed by atoms with van der Waals surface area (Å²) in [6.45, 7) is 7.27. The number of carbonyl (C=O) groups excluding carboxylic acids is 2. The molecule has 1 aliphatic heterocycles. The molecule has 43 heavy (non-hydrogen) atoms. The van der Waals surface area contributed by atoms with Gasteiger partial charge in [-0.05, 0) is 48.8 Å². The average Bonchev–Trinajstić information content (AvgIpc) is 3.36. The smallest absolute Gasteiger partial charge is 0.260 e. The minimum Gasteiger partial charge on any atom is -0.490 e. The topological polar surface area (TPSA) is 154 Å². The number of unbranched alkanes of at least 4 members (excludes halogenated alkanes) is 1. The van der Waals surface area contributed by atoms with Gasteiger partial charge in [-0.2, -0.15) is 0 Å². The third kappa shape index (κ3) is 8.79. The van der Waals surface area contributed by atoms with Gasteiger partial charge in [-0.3, -0.25) is 9.59 Å². The number of nitrogens with zero attached hydrogens (tertiary/aromatic N) is 1. The lowest BCUT2D eigenvalue weighted by Gasteiger charge is -2.40. The van der Waals surface area contributed by atoms with E-state index in [0.29, 0.717) is 36.7 Å². The number of hydrogen-bond acceptors (Lipinski definition) is 7. The maximum Gasteiger partial charge on any atom is 0.260 e. The molecule has 2 heterocycles. The first-order valence-electron chi connectivity index (χ1n) is 14.6. The molecule has 1 aliphatic rings. The fourth-order valence-corrected chi connectivity index (χ4v) is 4.81. The summed E-state index contributed by atoms with van der Waals surface area (Å²) in [6.07, 6.45) is 6.64. The second kappa shape index (κ2) is 15.2. The molecule has 6 N–H and O–H groups in total. The maximum absolute atomic E-state index is 12.5. The number of aliphatic hydroxyl groups excluding tert-OH is 1. The van der Waals surface area contributed by atoms with Crippen molar-refractivity contribution in [3.8, 4) is 5.75 Å². The van der Waals surface area contributed by atoms with Gasteiger partial charge in [0.05, 0.1) is 5.52 Å². The van der Waals surface area contributed by atoms with Crippen molar-refractivity contribution in [2.24, 2.45) is 5.73 Å². The Morgan fingerprint density at radius 3 is 2.72 bits per heavy atom. The second-order valence-corrected chi connectivity index (χ2v) is 10.7. The highest BCUT2D eigenvalue weighted by Gasteiger charge is 2.30. The summed E-state index contributed by atoms with van der Waals surface area (Å²) in [4.78, 5) is 28.7. The van der Waals surface area contributed by atoms with Gasteiger partial charge in [0.15, 0.2) is 6.61 Å². The Balaban J connectivity index is 1.15. The van der Waals surface area contributed by atoms with E-state index in [4.69, 9.17) is 20.6 Å². The summed E-state index contributed by atoms with van der Waals surface area (Å²) >= 11 is 0. The van der Waals surface area contributed by atoms with E-state index in [1.165, 1.54) is 0 Å². The first-order chi connectivity index (χ1) is 20.7. The maximum atomic E-state index is 12.5. The number of para-hydroxylation sites is 1. The zero-order chi connectivity index (χ0) is 30.8. The fourth-order valence-electron chi connectivity index (χ4n) is 4.81. The minimum atomic E-state index is -0.711. The largest absolute Gasteiger partial charge is 0.490 e. The molecular weight excluding hydrogens is 546 g/mol. The Bertz CT molecular complexity index is 1520. The van der Waals surface area contributed by atoms with E-state index in [-0.39, 0.29) is 38.0 Å². The standard InChI is InChI=1S/C33H41N5O5/c1-3-4-8-23(27(34)15-16-31(35)40)14-13-22(2)42-21-32(41)38-18-24(19-38)36-17-25(39)20-43-30-12-7-11-29-33(30)26-9-5-6-10-28(26)37-29/h5-14,24-25,34,36-37,39H,2-4,15-21H2,1H3,(H2,35,40)/b14-13-,23-8+,34-27?. The molecule has 1 unspecified atom stereocenters. The highest BCUT2D eigenvalue weighted by molar-refractivity contribution is 6.10. The van der Waals surface area contributed by atoms with Gasteiger partial charge < -0.3 is 40.9 Å². The SMILES string of the molecule is C=C(/C=C\C(=C/CCC)C(=N)CCC(N)=O)OCC(=O)N1CC(NCC(O)COc2cccc3[nH]c4ccccc4c23)C1. The summed E-state index contributed by atoms with van der Waals surface area (Å²) in [6, 6.07) is 14.0. The van der Waals surface area contributed by atoms with E-state index in [9.17, 15) is 14.7 Å². The van der Waals surface area contributed by atoms with Gasteiger partial charge in [-0.1, -0.05) is 50.3 Å². The van der Waals surface area contributed by atoms with E-state index in [0.717, 1.165) is 40.4 Å². The van der Waals surface area contributed by atoms with Gasteiger partial charge in [0.2, 0.25) is 5.91 Å². The highest BCUT2D eigenvalue weighted by atomic mass is 16.5. The van der Waals surface area contributed by atoms with Crippen LogP contribution in [0.3, 0.4) is 0 Å². The van der Waals surface area contributed by atoms with Crippen LogP contribution in [0.25, 0.3) is 21.8 Å². The predicted octanol–water partition coefficient (Wildman–Crippen LogP) is 3.96. The van der Waals surface area contributed by atoms with Crippen molar-refractivity contribution >= 4 is 39.3 Å². The Labute approximate surface area is 251 Å². The van der Waals surface area contributed by atoms with Crippen molar-refractivity contribution in [3.63, 3.8) is 0 Å². The molecule has 10 heteroatoms. The molecule has 0 saturated carbocycles. The van der Waals surface area contributed by atoms with E-state index in [1.54, 1.807) is 17.1 Å². The number of carbonyl (C=O) groups is 2. The number of likely N-dealkylation sites (tertiary alicyclic amines) is 1. The van der Waals surface area contributed by atoms with Crippen LogP contribution in [0.15, 0.2) is 78.6 Å². The number of aliphatic hydroxyl groups is 1. The molecule has 1 fully saturated rings. The van der Waals surface area contributed by atoms with Gasteiger partial charge in [-0.15, -0.1) is 0 Å². The van der Waals surface area contributed by atoms with Crippen LogP contribution in [0, 0.1) is 5.41 Å². The Kier molecular flexibility index (Phi) is 11.1. The Hall–Kier alpha value is -4.41. The molecule has 0 bridgehead atoms. The first kappa shape index (κ1) is 31.5.